The SMILES string of the molecule is O=c1[nH]c(NCCN2CCOCC2)nnc1Cc1ccccc1. The van der Waals surface area contributed by atoms with Crippen LogP contribution in [0.25, 0.3) is 0 Å². The van der Waals surface area contributed by atoms with E-state index in [9.17, 15) is 4.79 Å². The normalized spacial score (nSPS) is 15.5. The van der Waals surface area contributed by atoms with Crippen molar-refractivity contribution < 1.29 is 4.74 Å². The number of anilines is 1. The summed E-state index contributed by atoms with van der Waals surface area (Å²) in [5.41, 5.74) is 1.27. The van der Waals surface area contributed by atoms with Crippen molar-refractivity contribution in [2.75, 3.05) is 44.7 Å². The van der Waals surface area contributed by atoms with E-state index < -0.39 is 0 Å². The first kappa shape index (κ1) is 15.6. The van der Waals surface area contributed by atoms with Crippen LogP contribution in [0.15, 0.2) is 35.1 Å². The van der Waals surface area contributed by atoms with Crippen molar-refractivity contribution in [2.45, 2.75) is 6.42 Å². The molecule has 0 spiro atoms. The highest BCUT2D eigenvalue weighted by atomic mass is 16.5. The van der Waals surface area contributed by atoms with E-state index >= 15 is 0 Å². The zero-order valence-electron chi connectivity index (χ0n) is 13.0. The topological polar surface area (TPSA) is 83.1 Å². The van der Waals surface area contributed by atoms with Gasteiger partial charge >= 0.3 is 0 Å². The van der Waals surface area contributed by atoms with Crippen molar-refractivity contribution in [1.82, 2.24) is 20.1 Å². The molecule has 3 rings (SSSR count). The number of hydrogen-bond donors (Lipinski definition) is 2. The average molecular weight is 315 g/mol. The molecule has 2 heterocycles. The minimum Gasteiger partial charge on any atom is -0.379 e. The lowest BCUT2D eigenvalue weighted by atomic mass is 10.1. The molecule has 0 atom stereocenters. The number of hydrogen-bond acceptors (Lipinski definition) is 6. The van der Waals surface area contributed by atoms with Crippen LogP contribution in [-0.4, -0.2) is 59.5 Å². The molecule has 23 heavy (non-hydrogen) atoms. The largest absolute Gasteiger partial charge is 0.379 e. The lowest BCUT2D eigenvalue weighted by Gasteiger charge is -2.26. The quantitative estimate of drug-likeness (QED) is 0.808. The Morgan fingerprint density at radius 1 is 1.17 bits per heavy atom. The van der Waals surface area contributed by atoms with Gasteiger partial charge < -0.3 is 10.1 Å². The molecule has 1 aromatic heterocycles. The Hall–Kier alpha value is -2.25. The summed E-state index contributed by atoms with van der Waals surface area (Å²) in [6.45, 7) is 5.05. The number of H-pyrrole nitrogens is 1. The van der Waals surface area contributed by atoms with E-state index in [0.29, 0.717) is 24.6 Å². The van der Waals surface area contributed by atoms with Crippen LogP contribution < -0.4 is 10.9 Å². The molecular formula is C16H21N5O2. The molecule has 1 aromatic carbocycles. The number of nitrogens with zero attached hydrogens (tertiary/aromatic N) is 3. The maximum absolute atomic E-state index is 12.1. The Morgan fingerprint density at radius 2 is 1.96 bits per heavy atom. The Morgan fingerprint density at radius 3 is 2.70 bits per heavy atom. The molecule has 122 valence electrons. The highest BCUT2D eigenvalue weighted by Crippen LogP contribution is 2.03. The summed E-state index contributed by atoms with van der Waals surface area (Å²) in [4.78, 5) is 17.1. The molecule has 7 nitrogen and oxygen atoms in total. The van der Waals surface area contributed by atoms with Crippen molar-refractivity contribution in [1.29, 1.82) is 0 Å². The van der Waals surface area contributed by atoms with Gasteiger partial charge in [0.15, 0.2) is 0 Å². The summed E-state index contributed by atoms with van der Waals surface area (Å²) in [5.74, 6) is 0.417. The van der Waals surface area contributed by atoms with Gasteiger partial charge in [0.2, 0.25) is 5.95 Å². The third-order valence-electron chi connectivity index (χ3n) is 3.80. The summed E-state index contributed by atoms with van der Waals surface area (Å²) in [5, 5.41) is 11.2. The first-order chi connectivity index (χ1) is 11.3. The predicted molar refractivity (Wildman–Crippen MR) is 87.6 cm³/mol. The van der Waals surface area contributed by atoms with Crippen LogP contribution in [0.1, 0.15) is 11.3 Å². The van der Waals surface area contributed by atoms with Crippen molar-refractivity contribution in [3.05, 3.63) is 51.9 Å². The standard InChI is InChI=1S/C16H21N5O2/c22-15-14(12-13-4-2-1-3-5-13)19-20-16(18-15)17-6-7-21-8-10-23-11-9-21/h1-5H,6-12H2,(H2,17,18,20,22). The summed E-state index contributed by atoms with van der Waals surface area (Å²) >= 11 is 0. The molecular weight excluding hydrogens is 294 g/mol. The van der Waals surface area contributed by atoms with Gasteiger partial charge in [0, 0.05) is 32.6 Å². The molecule has 0 amide bonds. The van der Waals surface area contributed by atoms with E-state index in [0.717, 1.165) is 38.4 Å². The van der Waals surface area contributed by atoms with E-state index in [1.807, 2.05) is 30.3 Å². The van der Waals surface area contributed by atoms with Crippen LogP contribution in [-0.2, 0) is 11.2 Å². The molecule has 7 heteroatoms. The molecule has 1 fully saturated rings. The number of morpholine rings is 1. The number of rotatable bonds is 6. The second kappa shape index (κ2) is 7.85. The van der Waals surface area contributed by atoms with E-state index in [1.54, 1.807) is 0 Å². The van der Waals surface area contributed by atoms with Gasteiger partial charge in [0.25, 0.3) is 5.56 Å². The summed E-state index contributed by atoms with van der Waals surface area (Å²) < 4.78 is 5.31. The fraction of sp³-hybridized carbons (Fsp3) is 0.438. The summed E-state index contributed by atoms with van der Waals surface area (Å²) in [6.07, 6.45) is 0.483. The first-order valence-electron chi connectivity index (χ1n) is 7.85. The number of nitrogens with one attached hydrogen (secondary N) is 2. The van der Waals surface area contributed by atoms with Crippen molar-refractivity contribution in [2.24, 2.45) is 0 Å². The van der Waals surface area contributed by atoms with Crippen LogP contribution >= 0.6 is 0 Å². The van der Waals surface area contributed by atoms with Gasteiger partial charge in [0.05, 0.1) is 13.2 Å². The highest BCUT2D eigenvalue weighted by Gasteiger charge is 2.10. The van der Waals surface area contributed by atoms with E-state index in [2.05, 4.69) is 25.4 Å². The molecule has 0 saturated carbocycles. The van der Waals surface area contributed by atoms with Crippen LogP contribution in [0.3, 0.4) is 0 Å². The summed E-state index contributed by atoms with van der Waals surface area (Å²) in [7, 11) is 0. The molecule has 1 aliphatic heterocycles. The van der Waals surface area contributed by atoms with Crippen molar-refractivity contribution in [3.8, 4) is 0 Å². The van der Waals surface area contributed by atoms with E-state index in [-0.39, 0.29) is 5.56 Å². The van der Waals surface area contributed by atoms with E-state index in [1.165, 1.54) is 0 Å². The van der Waals surface area contributed by atoms with Gasteiger partial charge in [-0.2, -0.15) is 0 Å². The lowest BCUT2D eigenvalue weighted by molar-refractivity contribution is 0.0398. The monoisotopic (exact) mass is 315 g/mol. The Balaban J connectivity index is 1.53. The van der Waals surface area contributed by atoms with Gasteiger partial charge in [-0.3, -0.25) is 14.7 Å². The van der Waals surface area contributed by atoms with Gasteiger partial charge in [-0.15, -0.1) is 10.2 Å². The third kappa shape index (κ3) is 4.61. The van der Waals surface area contributed by atoms with Crippen LogP contribution in [0.4, 0.5) is 5.95 Å². The molecule has 2 aromatic rings. The van der Waals surface area contributed by atoms with Crippen LogP contribution in [0.2, 0.25) is 0 Å². The Labute approximate surface area is 134 Å². The summed E-state index contributed by atoms with van der Waals surface area (Å²) in [6, 6.07) is 9.77. The lowest BCUT2D eigenvalue weighted by Crippen LogP contribution is -2.39. The number of ether oxygens (including phenoxy) is 1. The third-order valence-corrected chi connectivity index (χ3v) is 3.80. The van der Waals surface area contributed by atoms with Crippen LogP contribution in [0.5, 0.6) is 0 Å². The Bertz CT molecular complexity index is 668. The van der Waals surface area contributed by atoms with Gasteiger partial charge in [-0.05, 0) is 5.56 Å². The zero-order valence-corrected chi connectivity index (χ0v) is 13.0. The van der Waals surface area contributed by atoms with Gasteiger partial charge in [-0.1, -0.05) is 30.3 Å². The highest BCUT2D eigenvalue weighted by molar-refractivity contribution is 5.24. The smallest absolute Gasteiger partial charge is 0.274 e. The molecule has 0 radical (unpaired) electrons. The number of aromatic nitrogens is 3. The molecule has 1 saturated heterocycles. The second-order valence-electron chi connectivity index (χ2n) is 5.49. The molecule has 1 aliphatic rings. The minimum absolute atomic E-state index is 0.197. The fourth-order valence-corrected chi connectivity index (χ4v) is 2.50. The van der Waals surface area contributed by atoms with Gasteiger partial charge in [0.1, 0.15) is 5.69 Å². The predicted octanol–water partition coefficient (Wildman–Crippen LogP) is 0.500. The average Bonchev–Trinajstić information content (AvgIpc) is 2.59. The molecule has 0 aliphatic carbocycles. The first-order valence-corrected chi connectivity index (χ1v) is 7.85. The minimum atomic E-state index is -0.197. The zero-order chi connectivity index (χ0) is 15.9. The fourth-order valence-electron chi connectivity index (χ4n) is 2.50. The molecule has 0 unspecified atom stereocenters. The van der Waals surface area contributed by atoms with E-state index in [4.69, 9.17) is 4.74 Å². The number of benzene rings is 1. The molecule has 2 N–H and O–H groups in total. The maximum atomic E-state index is 12.1. The number of aromatic amines is 1. The molecule has 0 bridgehead atoms. The van der Waals surface area contributed by atoms with Crippen LogP contribution in [0, 0.1) is 0 Å². The van der Waals surface area contributed by atoms with Crippen molar-refractivity contribution in [3.63, 3.8) is 0 Å². The Kier molecular flexibility index (Phi) is 5.33. The maximum Gasteiger partial charge on any atom is 0.274 e. The van der Waals surface area contributed by atoms with Gasteiger partial charge in [-0.25, -0.2) is 0 Å². The second-order valence-corrected chi connectivity index (χ2v) is 5.49. The van der Waals surface area contributed by atoms with Crippen molar-refractivity contribution >= 4 is 5.95 Å².